The highest BCUT2D eigenvalue weighted by molar-refractivity contribution is 5.75. The van der Waals surface area contributed by atoms with E-state index < -0.39 is 23.3 Å². The second kappa shape index (κ2) is 6.58. The first kappa shape index (κ1) is 17.6. The predicted octanol–water partition coefficient (Wildman–Crippen LogP) is 0.877. The monoisotopic (exact) mass is 360 g/mol. The summed E-state index contributed by atoms with van der Waals surface area (Å²) in [6.45, 7) is 1.43. The third kappa shape index (κ3) is 3.03. The first-order valence-electron chi connectivity index (χ1n) is 7.85. The Morgan fingerprint density at radius 3 is 2.50 bits per heavy atom. The molecule has 1 aromatic carbocycles. The number of hydrogen-bond acceptors (Lipinski definition) is 5. The molecular weight excluding hydrogens is 343 g/mol. The standard InChI is InChI=1S/C17H17FN4O4/c1-10(11-4-6-12(18)7-5-11)26-13(23)8-22-9-19-15-14(22)16(24)21(3)17(25)20(15)2/h4-7,9-10H,8H2,1-3H3/t10-/m1/s1. The molecule has 0 amide bonds. The second-order valence-corrected chi connectivity index (χ2v) is 5.93. The molecule has 0 aliphatic rings. The topological polar surface area (TPSA) is 88.1 Å². The Kier molecular flexibility index (Phi) is 4.45. The normalized spacial score (nSPS) is 12.3. The summed E-state index contributed by atoms with van der Waals surface area (Å²) in [7, 11) is 2.85. The van der Waals surface area contributed by atoms with Crippen molar-refractivity contribution in [2.24, 2.45) is 14.1 Å². The van der Waals surface area contributed by atoms with E-state index in [1.165, 1.54) is 53.8 Å². The first-order chi connectivity index (χ1) is 12.3. The number of halogens is 1. The van der Waals surface area contributed by atoms with Gasteiger partial charge >= 0.3 is 11.7 Å². The van der Waals surface area contributed by atoms with Crippen LogP contribution in [0.25, 0.3) is 11.2 Å². The van der Waals surface area contributed by atoms with Gasteiger partial charge in [-0.2, -0.15) is 0 Å². The van der Waals surface area contributed by atoms with Crippen LogP contribution < -0.4 is 11.2 Å². The summed E-state index contributed by atoms with van der Waals surface area (Å²) in [4.78, 5) is 40.5. The van der Waals surface area contributed by atoms with Crippen LogP contribution in [0.4, 0.5) is 4.39 Å². The van der Waals surface area contributed by atoms with Gasteiger partial charge in [-0.15, -0.1) is 0 Å². The molecule has 0 saturated heterocycles. The molecule has 0 fully saturated rings. The van der Waals surface area contributed by atoms with Crippen molar-refractivity contribution in [3.8, 4) is 0 Å². The maximum absolute atomic E-state index is 13.0. The molecule has 0 saturated carbocycles. The van der Waals surface area contributed by atoms with E-state index >= 15 is 0 Å². The van der Waals surface area contributed by atoms with Crippen molar-refractivity contribution in [3.63, 3.8) is 0 Å². The van der Waals surface area contributed by atoms with Crippen LogP contribution in [-0.2, 0) is 30.2 Å². The molecule has 2 aromatic heterocycles. The van der Waals surface area contributed by atoms with Gasteiger partial charge in [0.05, 0.1) is 6.33 Å². The van der Waals surface area contributed by atoms with E-state index in [4.69, 9.17) is 4.74 Å². The van der Waals surface area contributed by atoms with Gasteiger partial charge in [0, 0.05) is 14.1 Å². The number of hydrogen-bond donors (Lipinski definition) is 0. The molecule has 0 aliphatic heterocycles. The van der Waals surface area contributed by atoms with E-state index in [1.54, 1.807) is 6.92 Å². The maximum atomic E-state index is 13.0. The second-order valence-electron chi connectivity index (χ2n) is 5.93. The molecule has 26 heavy (non-hydrogen) atoms. The van der Waals surface area contributed by atoms with Crippen LogP contribution in [0.1, 0.15) is 18.6 Å². The number of carbonyl (C=O) groups excluding carboxylic acids is 1. The van der Waals surface area contributed by atoms with Crippen LogP contribution in [0.5, 0.6) is 0 Å². The zero-order chi connectivity index (χ0) is 19.0. The molecular formula is C17H17FN4O4. The van der Waals surface area contributed by atoms with Gasteiger partial charge in [-0.3, -0.25) is 18.7 Å². The van der Waals surface area contributed by atoms with Gasteiger partial charge in [0.2, 0.25) is 0 Å². The molecule has 0 N–H and O–H groups in total. The molecule has 3 rings (SSSR count). The van der Waals surface area contributed by atoms with E-state index in [2.05, 4.69) is 4.98 Å². The van der Waals surface area contributed by atoms with Crippen LogP contribution >= 0.6 is 0 Å². The summed E-state index contributed by atoms with van der Waals surface area (Å²) in [5.74, 6) is -0.962. The highest BCUT2D eigenvalue weighted by Crippen LogP contribution is 2.17. The number of carbonyl (C=O) groups is 1. The van der Waals surface area contributed by atoms with Crippen LogP contribution in [0.2, 0.25) is 0 Å². The molecule has 1 atom stereocenters. The number of imidazole rings is 1. The summed E-state index contributed by atoms with van der Waals surface area (Å²) < 4.78 is 21.8. The number of benzene rings is 1. The highest BCUT2D eigenvalue weighted by Gasteiger charge is 2.18. The molecule has 0 unspecified atom stereocenters. The van der Waals surface area contributed by atoms with Crippen molar-refractivity contribution in [3.05, 3.63) is 62.8 Å². The van der Waals surface area contributed by atoms with Crippen LogP contribution in [0, 0.1) is 5.82 Å². The number of esters is 1. The minimum absolute atomic E-state index is 0.140. The minimum atomic E-state index is -0.586. The van der Waals surface area contributed by atoms with Crippen LogP contribution in [0.15, 0.2) is 40.2 Å². The lowest BCUT2D eigenvalue weighted by atomic mass is 10.1. The Morgan fingerprint density at radius 2 is 1.85 bits per heavy atom. The molecule has 0 spiro atoms. The average molecular weight is 360 g/mol. The van der Waals surface area contributed by atoms with Crippen molar-refractivity contribution in [2.45, 2.75) is 19.6 Å². The van der Waals surface area contributed by atoms with Crippen molar-refractivity contribution >= 4 is 17.1 Å². The molecule has 136 valence electrons. The summed E-state index contributed by atoms with van der Waals surface area (Å²) in [6, 6.07) is 5.64. The van der Waals surface area contributed by atoms with E-state index in [0.717, 1.165) is 4.57 Å². The van der Waals surface area contributed by atoms with E-state index in [9.17, 15) is 18.8 Å². The van der Waals surface area contributed by atoms with E-state index in [-0.39, 0.29) is 23.5 Å². The fraction of sp³-hybridized carbons (Fsp3) is 0.294. The van der Waals surface area contributed by atoms with Crippen molar-refractivity contribution in [1.82, 2.24) is 18.7 Å². The Bertz CT molecular complexity index is 1090. The molecule has 2 heterocycles. The Balaban J connectivity index is 1.85. The largest absolute Gasteiger partial charge is 0.456 e. The van der Waals surface area contributed by atoms with Crippen LogP contribution in [-0.4, -0.2) is 24.7 Å². The minimum Gasteiger partial charge on any atom is -0.456 e. The third-order valence-corrected chi connectivity index (χ3v) is 4.16. The summed E-state index contributed by atoms with van der Waals surface area (Å²) in [5, 5.41) is 0. The molecule has 0 radical (unpaired) electrons. The predicted molar refractivity (Wildman–Crippen MR) is 91.1 cm³/mol. The number of aryl methyl sites for hydroxylation is 1. The van der Waals surface area contributed by atoms with Gasteiger partial charge in [-0.25, -0.2) is 14.2 Å². The molecule has 0 aliphatic carbocycles. The fourth-order valence-corrected chi connectivity index (χ4v) is 2.69. The summed E-state index contributed by atoms with van der Waals surface area (Å²) in [5.41, 5.74) is -0.0627. The van der Waals surface area contributed by atoms with Gasteiger partial charge in [0.1, 0.15) is 18.5 Å². The number of ether oxygens (including phenoxy) is 1. The van der Waals surface area contributed by atoms with Gasteiger partial charge in [-0.1, -0.05) is 12.1 Å². The first-order valence-corrected chi connectivity index (χ1v) is 7.85. The Hall–Kier alpha value is -3.23. The average Bonchev–Trinajstić information content (AvgIpc) is 3.02. The number of aromatic nitrogens is 4. The number of nitrogens with zero attached hydrogens (tertiary/aromatic N) is 4. The Morgan fingerprint density at radius 1 is 1.19 bits per heavy atom. The highest BCUT2D eigenvalue weighted by atomic mass is 19.1. The molecule has 8 nitrogen and oxygen atoms in total. The molecule has 3 aromatic rings. The number of rotatable bonds is 4. The van der Waals surface area contributed by atoms with Crippen molar-refractivity contribution in [2.75, 3.05) is 0 Å². The molecule has 0 bridgehead atoms. The van der Waals surface area contributed by atoms with E-state index in [1.807, 2.05) is 0 Å². The summed E-state index contributed by atoms with van der Waals surface area (Å²) in [6.07, 6.45) is 0.736. The van der Waals surface area contributed by atoms with Gasteiger partial charge in [0.25, 0.3) is 5.56 Å². The van der Waals surface area contributed by atoms with Gasteiger partial charge in [-0.05, 0) is 24.6 Å². The lowest BCUT2D eigenvalue weighted by molar-refractivity contribution is -0.149. The van der Waals surface area contributed by atoms with Crippen LogP contribution in [0.3, 0.4) is 0 Å². The van der Waals surface area contributed by atoms with Crippen molar-refractivity contribution < 1.29 is 13.9 Å². The maximum Gasteiger partial charge on any atom is 0.332 e. The smallest absolute Gasteiger partial charge is 0.332 e. The Labute approximate surface area is 147 Å². The lowest BCUT2D eigenvalue weighted by Crippen LogP contribution is -2.37. The number of fused-ring (bicyclic) bond motifs is 1. The van der Waals surface area contributed by atoms with Gasteiger partial charge < -0.3 is 9.30 Å². The SMILES string of the molecule is C[C@@H](OC(=O)Cn1cnc2c1c(=O)n(C)c(=O)n2C)c1ccc(F)cc1. The quantitative estimate of drug-likeness (QED) is 0.645. The van der Waals surface area contributed by atoms with Crippen molar-refractivity contribution in [1.29, 1.82) is 0 Å². The molecule has 9 heteroatoms. The van der Waals surface area contributed by atoms with Gasteiger partial charge in [0.15, 0.2) is 11.2 Å². The van der Waals surface area contributed by atoms with E-state index in [0.29, 0.717) is 5.56 Å². The lowest BCUT2D eigenvalue weighted by Gasteiger charge is -2.14. The zero-order valence-corrected chi connectivity index (χ0v) is 14.5. The summed E-state index contributed by atoms with van der Waals surface area (Å²) >= 11 is 0. The zero-order valence-electron chi connectivity index (χ0n) is 14.5. The fourth-order valence-electron chi connectivity index (χ4n) is 2.69. The third-order valence-electron chi connectivity index (χ3n) is 4.16.